The number of fused-ring (bicyclic) bond motifs is 1. The van der Waals surface area contributed by atoms with Crippen LogP contribution in [0.4, 0.5) is 0 Å². The average molecular weight is 363 g/mol. The summed E-state index contributed by atoms with van der Waals surface area (Å²) in [5, 5.41) is 12.8. The molecular weight excluding hydrogens is 338 g/mol. The number of hydrogen-bond acceptors (Lipinski definition) is 4. The van der Waals surface area contributed by atoms with E-state index in [0.29, 0.717) is 12.3 Å². The number of aromatic hydroxyl groups is 1. The molecule has 0 aliphatic carbocycles. The Labute approximate surface area is 160 Å². The number of hydrogen-bond donors (Lipinski definition) is 1. The lowest BCUT2D eigenvalue weighted by molar-refractivity contribution is 0.240. The van der Waals surface area contributed by atoms with Crippen LogP contribution in [0.5, 0.6) is 17.2 Å². The molecule has 1 saturated heterocycles. The molecule has 3 aromatic rings. The molecule has 27 heavy (non-hydrogen) atoms. The maximum atomic E-state index is 10.5. The summed E-state index contributed by atoms with van der Waals surface area (Å²) in [4.78, 5) is 2.44. The lowest BCUT2D eigenvalue weighted by Crippen LogP contribution is -2.23. The highest BCUT2D eigenvalue weighted by Gasteiger charge is 2.29. The Morgan fingerprint density at radius 2 is 1.89 bits per heavy atom. The van der Waals surface area contributed by atoms with Crippen molar-refractivity contribution in [2.75, 3.05) is 20.8 Å². The number of likely N-dealkylation sites (tertiary alicyclic amines) is 1. The van der Waals surface area contributed by atoms with Crippen LogP contribution < -0.4 is 9.47 Å². The molecule has 0 bridgehead atoms. The summed E-state index contributed by atoms with van der Waals surface area (Å²) in [7, 11) is 3.37. The minimum atomic E-state index is 0.268. The second-order valence-corrected chi connectivity index (χ2v) is 7.02. The fraction of sp³-hybridized carbons (Fsp3) is 0.304. The number of nitrogens with zero attached hydrogens (tertiary/aromatic N) is 1. The molecule has 4 heteroatoms. The molecule has 1 atom stereocenters. The second kappa shape index (κ2) is 7.49. The highest BCUT2D eigenvalue weighted by atomic mass is 16.5. The molecule has 0 amide bonds. The number of rotatable bonds is 5. The first-order chi connectivity index (χ1) is 13.2. The van der Waals surface area contributed by atoms with Gasteiger partial charge in [-0.2, -0.15) is 0 Å². The summed E-state index contributed by atoms with van der Waals surface area (Å²) in [6.07, 6.45) is 2.21. The van der Waals surface area contributed by atoms with Gasteiger partial charge in [-0.25, -0.2) is 0 Å². The van der Waals surface area contributed by atoms with Crippen molar-refractivity contribution in [2.45, 2.75) is 25.4 Å². The Bertz CT molecular complexity index is 954. The summed E-state index contributed by atoms with van der Waals surface area (Å²) in [5.41, 5.74) is 2.17. The lowest BCUT2D eigenvalue weighted by atomic mass is 10.0. The Hall–Kier alpha value is -2.72. The topological polar surface area (TPSA) is 41.9 Å². The monoisotopic (exact) mass is 363 g/mol. The highest BCUT2D eigenvalue weighted by molar-refractivity contribution is 5.87. The van der Waals surface area contributed by atoms with Gasteiger partial charge in [-0.05, 0) is 42.3 Å². The van der Waals surface area contributed by atoms with Crippen LogP contribution in [0.1, 0.15) is 30.0 Å². The van der Waals surface area contributed by atoms with Crippen molar-refractivity contribution < 1.29 is 14.6 Å². The Morgan fingerprint density at radius 1 is 1.04 bits per heavy atom. The maximum Gasteiger partial charge on any atom is 0.127 e. The van der Waals surface area contributed by atoms with Gasteiger partial charge in [0.2, 0.25) is 0 Å². The van der Waals surface area contributed by atoms with E-state index in [-0.39, 0.29) is 6.04 Å². The van der Waals surface area contributed by atoms with E-state index in [2.05, 4.69) is 23.1 Å². The van der Waals surface area contributed by atoms with Gasteiger partial charge in [0.05, 0.1) is 14.2 Å². The Morgan fingerprint density at radius 3 is 2.70 bits per heavy atom. The SMILES string of the molecule is COc1ccc([C@H]2CCCN2Cc2c(O)ccc3ccccc23)c(OC)c1. The molecule has 1 aliphatic rings. The Kier molecular flexibility index (Phi) is 4.90. The van der Waals surface area contributed by atoms with Gasteiger partial charge in [0.15, 0.2) is 0 Å². The summed E-state index contributed by atoms with van der Waals surface area (Å²) >= 11 is 0. The first kappa shape index (κ1) is 17.7. The molecule has 1 N–H and O–H groups in total. The van der Waals surface area contributed by atoms with E-state index < -0.39 is 0 Å². The number of phenols is 1. The normalized spacial score (nSPS) is 17.3. The van der Waals surface area contributed by atoms with E-state index in [9.17, 15) is 5.11 Å². The fourth-order valence-corrected chi connectivity index (χ4v) is 4.16. The van der Waals surface area contributed by atoms with E-state index >= 15 is 0 Å². The van der Waals surface area contributed by atoms with Crippen LogP contribution in [0, 0.1) is 0 Å². The third kappa shape index (κ3) is 3.33. The van der Waals surface area contributed by atoms with Gasteiger partial charge in [0.1, 0.15) is 17.2 Å². The van der Waals surface area contributed by atoms with E-state index in [1.165, 1.54) is 5.56 Å². The summed E-state index contributed by atoms with van der Waals surface area (Å²) < 4.78 is 11.0. The van der Waals surface area contributed by atoms with Crippen LogP contribution in [0.3, 0.4) is 0 Å². The van der Waals surface area contributed by atoms with Crippen LogP contribution >= 0.6 is 0 Å². The first-order valence-corrected chi connectivity index (χ1v) is 9.37. The van der Waals surface area contributed by atoms with Gasteiger partial charge in [-0.3, -0.25) is 4.90 Å². The predicted molar refractivity (Wildman–Crippen MR) is 108 cm³/mol. The Balaban J connectivity index is 1.68. The van der Waals surface area contributed by atoms with Crippen LogP contribution in [-0.4, -0.2) is 30.8 Å². The van der Waals surface area contributed by atoms with Gasteiger partial charge in [-0.1, -0.05) is 36.4 Å². The second-order valence-electron chi connectivity index (χ2n) is 7.02. The zero-order chi connectivity index (χ0) is 18.8. The van der Waals surface area contributed by atoms with Crippen LogP contribution in [0.15, 0.2) is 54.6 Å². The van der Waals surface area contributed by atoms with Crippen molar-refractivity contribution >= 4 is 10.8 Å². The van der Waals surface area contributed by atoms with Crippen LogP contribution in [0.2, 0.25) is 0 Å². The number of phenolic OH excluding ortho intramolecular Hbond substituents is 1. The molecule has 140 valence electrons. The smallest absolute Gasteiger partial charge is 0.127 e. The largest absolute Gasteiger partial charge is 0.508 e. The highest BCUT2D eigenvalue weighted by Crippen LogP contribution is 2.40. The molecule has 0 saturated carbocycles. The molecule has 1 heterocycles. The van der Waals surface area contributed by atoms with E-state index in [4.69, 9.17) is 9.47 Å². The molecule has 4 rings (SSSR count). The third-order valence-electron chi connectivity index (χ3n) is 5.54. The van der Waals surface area contributed by atoms with E-state index in [0.717, 1.165) is 47.2 Å². The maximum absolute atomic E-state index is 10.5. The third-order valence-corrected chi connectivity index (χ3v) is 5.54. The van der Waals surface area contributed by atoms with Crippen molar-refractivity contribution in [3.05, 3.63) is 65.7 Å². The van der Waals surface area contributed by atoms with E-state index in [1.54, 1.807) is 20.3 Å². The lowest BCUT2D eigenvalue weighted by Gasteiger charge is -2.27. The number of methoxy groups -OCH3 is 2. The van der Waals surface area contributed by atoms with Crippen molar-refractivity contribution in [2.24, 2.45) is 0 Å². The molecule has 0 unspecified atom stereocenters. The van der Waals surface area contributed by atoms with Crippen LogP contribution in [-0.2, 0) is 6.54 Å². The molecule has 0 radical (unpaired) electrons. The molecule has 1 fully saturated rings. The summed E-state index contributed by atoms with van der Waals surface area (Å²) in [6, 6.07) is 18.3. The molecule has 0 aromatic heterocycles. The van der Waals surface area contributed by atoms with Crippen molar-refractivity contribution in [3.63, 3.8) is 0 Å². The average Bonchev–Trinajstić information content (AvgIpc) is 3.17. The molecule has 4 nitrogen and oxygen atoms in total. The fourth-order valence-electron chi connectivity index (χ4n) is 4.16. The quantitative estimate of drug-likeness (QED) is 0.700. The molecule has 1 aliphatic heterocycles. The van der Waals surface area contributed by atoms with Crippen molar-refractivity contribution in [1.82, 2.24) is 4.90 Å². The minimum Gasteiger partial charge on any atom is -0.508 e. The van der Waals surface area contributed by atoms with Gasteiger partial charge in [0.25, 0.3) is 0 Å². The van der Waals surface area contributed by atoms with E-state index in [1.807, 2.05) is 30.3 Å². The predicted octanol–water partition coefficient (Wildman–Crippen LogP) is 4.90. The first-order valence-electron chi connectivity index (χ1n) is 9.37. The summed E-state index contributed by atoms with van der Waals surface area (Å²) in [6.45, 7) is 1.72. The minimum absolute atomic E-state index is 0.268. The zero-order valence-corrected chi connectivity index (χ0v) is 15.8. The summed E-state index contributed by atoms with van der Waals surface area (Å²) in [5.74, 6) is 2.02. The zero-order valence-electron chi connectivity index (χ0n) is 15.8. The molecule has 0 spiro atoms. The molecule has 3 aromatic carbocycles. The van der Waals surface area contributed by atoms with Gasteiger partial charge in [0, 0.05) is 29.8 Å². The molecular formula is C23H25NO3. The van der Waals surface area contributed by atoms with Gasteiger partial charge in [-0.15, -0.1) is 0 Å². The number of benzene rings is 3. The van der Waals surface area contributed by atoms with Crippen molar-refractivity contribution in [3.8, 4) is 17.2 Å². The standard InChI is InChI=1S/C23H25NO3/c1-26-17-10-11-19(23(14-17)27-2)21-8-5-13-24(21)15-20-18-7-4-3-6-16(18)9-12-22(20)25/h3-4,6-7,9-12,14,21,25H,5,8,13,15H2,1-2H3/t21-/m1/s1. The van der Waals surface area contributed by atoms with Gasteiger partial charge >= 0.3 is 0 Å². The number of ether oxygens (including phenoxy) is 2. The van der Waals surface area contributed by atoms with Crippen molar-refractivity contribution in [1.29, 1.82) is 0 Å². The van der Waals surface area contributed by atoms with Crippen LogP contribution in [0.25, 0.3) is 10.8 Å². The van der Waals surface area contributed by atoms with Gasteiger partial charge < -0.3 is 14.6 Å².